The summed E-state index contributed by atoms with van der Waals surface area (Å²) in [7, 11) is 5.56. The van der Waals surface area contributed by atoms with E-state index in [-0.39, 0.29) is 6.10 Å². The van der Waals surface area contributed by atoms with Gasteiger partial charge in [-0.3, -0.25) is 4.57 Å². The van der Waals surface area contributed by atoms with Crippen molar-refractivity contribution >= 4 is 28.9 Å². The van der Waals surface area contributed by atoms with Crippen molar-refractivity contribution in [1.82, 2.24) is 19.9 Å². The average molecular weight is 483 g/mol. The molecule has 0 aliphatic heterocycles. The zero-order chi connectivity index (χ0) is 24.2. The van der Waals surface area contributed by atoms with Gasteiger partial charge in [-0.1, -0.05) is 18.0 Å². The van der Waals surface area contributed by atoms with Gasteiger partial charge in [-0.2, -0.15) is 4.98 Å². The molecule has 0 bridgehead atoms. The third-order valence-corrected chi connectivity index (χ3v) is 6.01. The number of likely N-dealkylation sites (N-methyl/N-ethyl adjacent to an activating group) is 1. The Labute approximate surface area is 202 Å². The molecule has 1 atom stereocenters. The van der Waals surface area contributed by atoms with E-state index in [2.05, 4.69) is 22.2 Å². The molecule has 0 spiro atoms. The van der Waals surface area contributed by atoms with E-state index in [0.29, 0.717) is 35.5 Å². The zero-order valence-corrected chi connectivity index (χ0v) is 21.4. The maximum atomic E-state index is 8.81. The Morgan fingerprint density at radius 1 is 1.27 bits per heavy atom. The van der Waals surface area contributed by atoms with Crippen LogP contribution >= 0.6 is 11.6 Å². The maximum absolute atomic E-state index is 8.81. The third kappa shape index (κ3) is 8.76. The van der Waals surface area contributed by atoms with Crippen LogP contribution in [-0.4, -0.2) is 60.3 Å². The first kappa shape index (κ1) is 27.3. The molecule has 2 fully saturated rings. The van der Waals surface area contributed by atoms with Crippen molar-refractivity contribution in [3.63, 3.8) is 0 Å². The Balaban J connectivity index is 0.000000328. The summed E-state index contributed by atoms with van der Waals surface area (Å²) in [4.78, 5) is 17.7. The van der Waals surface area contributed by atoms with Gasteiger partial charge in [-0.05, 0) is 65.3 Å². The number of methoxy groups -OCH3 is 1. The quantitative estimate of drug-likeness (QED) is 0.551. The molecule has 2 saturated carbocycles. The molecule has 0 radical (unpaired) electrons. The van der Waals surface area contributed by atoms with Crippen molar-refractivity contribution in [2.24, 2.45) is 13.0 Å². The summed E-state index contributed by atoms with van der Waals surface area (Å²) in [5.74, 6) is 1.17. The van der Waals surface area contributed by atoms with Crippen LogP contribution in [-0.2, 0) is 16.6 Å². The van der Waals surface area contributed by atoms with Gasteiger partial charge in [0, 0.05) is 20.2 Å². The van der Waals surface area contributed by atoms with Gasteiger partial charge in [0.25, 0.3) is 6.01 Å². The topological polar surface area (TPSA) is 87.5 Å². The van der Waals surface area contributed by atoms with Crippen LogP contribution in [0.5, 0.6) is 11.9 Å². The number of nitrogens with one attached hydrogen (secondary N) is 1. The number of ether oxygens (including phenoxy) is 3. The SMILES string of the molecule is CC=O.CNC(C)COC.Cn1c(OC2CCCCC2)nc2cnc(OCC3CC3)c(Cl)c21. The van der Waals surface area contributed by atoms with Crippen LogP contribution in [0.1, 0.15) is 58.8 Å². The minimum atomic E-state index is 0.261. The van der Waals surface area contributed by atoms with E-state index >= 15 is 0 Å². The maximum Gasteiger partial charge on any atom is 0.297 e. The molecule has 2 aliphatic rings. The number of nitrogens with zero attached hydrogens (tertiary/aromatic N) is 3. The fraction of sp³-hybridized carbons (Fsp3) is 0.708. The molecule has 2 aromatic heterocycles. The number of aldehydes is 1. The molecule has 2 heterocycles. The number of aromatic nitrogens is 3. The first-order chi connectivity index (χ1) is 15.9. The minimum Gasteiger partial charge on any atom is -0.476 e. The number of halogens is 1. The first-order valence-electron chi connectivity index (χ1n) is 11.8. The number of fused-ring (bicyclic) bond motifs is 1. The Morgan fingerprint density at radius 3 is 2.48 bits per heavy atom. The summed E-state index contributed by atoms with van der Waals surface area (Å²) >= 11 is 6.50. The van der Waals surface area contributed by atoms with E-state index in [1.807, 2.05) is 18.7 Å². The molecule has 2 aromatic rings. The van der Waals surface area contributed by atoms with Gasteiger partial charge in [0.15, 0.2) is 0 Å². The Bertz CT molecular complexity index is 851. The fourth-order valence-corrected chi connectivity index (χ4v) is 3.81. The number of pyridine rings is 1. The summed E-state index contributed by atoms with van der Waals surface area (Å²) in [6, 6.07) is 1.10. The Morgan fingerprint density at radius 2 is 1.94 bits per heavy atom. The summed E-state index contributed by atoms with van der Waals surface area (Å²) < 4.78 is 18.6. The van der Waals surface area contributed by atoms with Crippen LogP contribution in [0.25, 0.3) is 11.0 Å². The molecule has 0 saturated heterocycles. The molecule has 33 heavy (non-hydrogen) atoms. The number of aryl methyl sites for hydroxylation is 1. The van der Waals surface area contributed by atoms with Crippen LogP contribution in [0, 0.1) is 5.92 Å². The van der Waals surface area contributed by atoms with E-state index in [9.17, 15) is 0 Å². The van der Waals surface area contributed by atoms with Gasteiger partial charge in [0.2, 0.25) is 5.88 Å². The van der Waals surface area contributed by atoms with Gasteiger partial charge in [-0.15, -0.1) is 0 Å². The van der Waals surface area contributed by atoms with Gasteiger partial charge >= 0.3 is 0 Å². The van der Waals surface area contributed by atoms with Crippen LogP contribution in [0.2, 0.25) is 5.02 Å². The van der Waals surface area contributed by atoms with Crippen molar-refractivity contribution in [2.45, 2.75) is 70.9 Å². The Kier molecular flexibility index (Phi) is 11.9. The highest BCUT2D eigenvalue weighted by Gasteiger charge is 2.24. The van der Waals surface area contributed by atoms with Crippen LogP contribution in [0.15, 0.2) is 6.20 Å². The number of imidazole rings is 1. The molecule has 9 heteroatoms. The normalized spacial score (nSPS) is 16.8. The number of hydrogen-bond donors (Lipinski definition) is 1. The molecule has 8 nitrogen and oxygen atoms in total. The molecular weight excluding hydrogens is 444 g/mol. The van der Waals surface area contributed by atoms with E-state index in [1.54, 1.807) is 13.3 Å². The van der Waals surface area contributed by atoms with Crippen molar-refractivity contribution in [3.8, 4) is 11.9 Å². The second-order valence-electron chi connectivity index (χ2n) is 8.58. The van der Waals surface area contributed by atoms with Gasteiger partial charge in [0.05, 0.1) is 24.9 Å². The molecule has 186 valence electrons. The number of hydrogen-bond acceptors (Lipinski definition) is 7. The van der Waals surface area contributed by atoms with Crippen molar-refractivity contribution < 1.29 is 19.0 Å². The molecule has 2 aliphatic carbocycles. The lowest BCUT2D eigenvalue weighted by atomic mass is 9.98. The van der Waals surface area contributed by atoms with Crippen LogP contribution in [0.4, 0.5) is 0 Å². The monoisotopic (exact) mass is 482 g/mol. The number of carbonyl (C=O) groups is 1. The summed E-state index contributed by atoms with van der Waals surface area (Å²) in [6.45, 7) is 5.00. The predicted octanol–water partition coefficient (Wildman–Crippen LogP) is 4.57. The lowest BCUT2D eigenvalue weighted by molar-refractivity contribution is -0.106. The van der Waals surface area contributed by atoms with Crippen molar-refractivity contribution in [2.75, 3.05) is 27.4 Å². The largest absolute Gasteiger partial charge is 0.476 e. The molecule has 1 unspecified atom stereocenters. The highest BCUT2D eigenvalue weighted by molar-refractivity contribution is 6.36. The molecule has 4 rings (SSSR count). The average Bonchev–Trinajstić information content (AvgIpc) is 3.59. The highest BCUT2D eigenvalue weighted by Crippen LogP contribution is 2.35. The number of carbonyl (C=O) groups excluding carboxylic acids is 1. The zero-order valence-electron chi connectivity index (χ0n) is 20.6. The smallest absolute Gasteiger partial charge is 0.297 e. The van der Waals surface area contributed by atoms with Crippen molar-refractivity contribution in [1.29, 1.82) is 0 Å². The van der Waals surface area contributed by atoms with E-state index in [4.69, 9.17) is 30.6 Å². The first-order valence-corrected chi connectivity index (χ1v) is 12.2. The highest BCUT2D eigenvalue weighted by atomic mass is 35.5. The standard InChI is InChI=1S/C17H22ClN3O2.C5H13NO.C2H4O/c1-21-15-13(20-17(21)23-12-5-3-2-4-6-12)9-19-16(14(15)18)22-10-11-7-8-11;1-5(6-2)4-7-3;1-2-3/h9,11-12H,2-8,10H2,1H3;5-6H,4H2,1-3H3;2H,1H3. The van der Waals surface area contributed by atoms with E-state index in [0.717, 1.165) is 36.8 Å². The molecule has 0 aromatic carbocycles. The molecule has 1 N–H and O–H groups in total. The molecule has 0 amide bonds. The van der Waals surface area contributed by atoms with Gasteiger partial charge < -0.3 is 24.3 Å². The minimum absolute atomic E-state index is 0.261. The lowest BCUT2D eigenvalue weighted by Gasteiger charge is -2.22. The van der Waals surface area contributed by atoms with Crippen LogP contribution in [0.3, 0.4) is 0 Å². The fourth-order valence-electron chi connectivity index (χ4n) is 3.48. The van der Waals surface area contributed by atoms with Gasteiger partial charge in [0.1, 0.15) is 22.9 Å². The second-order valence-corrected chi connectivity index (χ2v) is 8.96. The lowest BCUT2D eigenvalue weighted by Crippen LogP contribution is -2.25. The summed E-state index contributed by atoms with van der Waals surface area (Å²) in [5, 5.41) is 3.57. The predicted molar refractivity (Wildman–Crippen MR) is 131 cm³/mol. The third-order valence-electron chi connectivity index (χ3n) is 5.67. The summed E-state index contributed by atoms with van der Waals surface area (Å²) in [5.41, 5.74) is 1.58. The Hall–Kier alpha value is -1.90. The molecular formula is C24H39ClN4O4. The van der Waals surface area contributed by atoms with Crippen LogP contribution < -0.4 is 14.8 Å². The second kappa shape index (κ2) is 14.4. The van der Waals surface area contributed by atoms with Gasteiger partial charge in [-0.25, -0.2) is 4.98 Å². The summed E-state index contributed by atoms with van der Waals surface area (Å²) in [6.07, 6.45) is 11.2. The van der Waals surface area contributed by atoms with Crippen molar-refractivity contribution in [3.05, 3.63) is 11.2 Å². The van der Waals surface area contributed by atoms with E-state index < -0.39 is 0 Å². The number of rotatable bonds is 8. The van der Waals surface area contributed by atoms with E-state index in [1.165, 1.54) is 39.0 Å².